The van der Waals surface area contributed by atoms with Crippen molar-refractivity contribution in [2.45, 2.75) is 42.7 Å². The van der Waals surface area contributed by atoms with Crippen LogP contribution in [0.3, 0.4) is 0 Å². The molecule has 0 spiro atoms. The zero-order valence-electron chi connectivity index (χ0n) is 20.7. The Hall–Kier alpha value is -3.83. The summed E-state index contributed by atoms with van der Waals surface area (Å²) in [6.07, 6.45) is 3.21. The lowest BCUT2D eigenvalue weighted by Gasteiger charge is -2.39. The van der Waals surface area contributed by atoms with Crippen LogP contribution in [0, 0.1) is 5.41 Å². The van der Waals surface area contributed by atoms with Gasteiger partial charge in [-0.15, -0.1) is 0 Å². The molecule has 5 aromatic rings. The summed E-state index contributed by atoms with van der Waals surface area (Å²) in [6.45, 7) is 4.38. The smallest absolute Gasteiger partial charge is 0.165 e. The Morgan fingerprint density at radius 1 is 0.919 bits per heavy atom. The second-order valence-electron chi connectivity index (χ2n) is 10.7. The minimum absolute atomic E-state index is 0.0858. The van der Waals surface area contributed by atoms with Gasteiger partial charge in [0.05, 0.1) is 5.52 Å². The van der Waals surface area contributed by atoms with Crippen molar-refractivity contribution in [2.75, 3.05) is 5.32 Å². The maximum atomic E-state index is 13.7. The topological polar surface area (TPSA) is 55.1 Å². The second-order valence-corrected chi connectivity index (χ2v) is 11.8. The number of Topliss-reactive ketones (excluding diaryl/α,β-unsaturated/α-hetero) is 1. The number of nitrogens with zero attached hydrogens (tertiary/aromatic N) is 1. The molecule has 0 fully saturated rings. The Morgan fingerprint density at radius 3 is 2.68 bits per heavy atom. The quantitative estimate of drug-likeness (QED) is 0.268. The molecule has 1 atom stereocenters. The van der Waals surface area contributed by atoms with Gasteiger partial charge in [-0.05, 0) is 70.3 Å². The molecule has 1 aliphatic carbocycles. The fourth-order valence-corrected chi connectivity index (χ4v) is 6.77. The molecule has 3 heterocycles. The standard InChI is InChI=1S/C32H26N2O2S/c1-32(2)17-22-28-21-10-4-3-7-19(21)12-13-23(28)34-31(29(22)24(35)18-32)25-14-15-27(36-25)37-26-11-5-8-20-9-6-16-33-30(20)26/h3-16,31,34H,17-18H2,1-2H3. The SMILES string of the molecule is CC1(C)CC(=O)C2=C(C1)c1c(ccc3ccccc13)NC2c1ccc(Sc2cccc3cccnc23)o1. The Kier molecular flexibility index (Phi) is 5.05. The predicted molar refractivity (Wildman–Crippen MR) is 150 cm³/mol. The van der Waals surface area contributed by atoms with Crippen LogP contribution in [0.4, 0.5) is 5.69 Å². The first-order chi connectivity index (χ1) is 18.0. The summed E-state index contributed by atoms with van der Waals surface area (Å²) in [5.74, 6) is 0.959. The van der Waals surface area contributed by atoms with Gasteiger partial charge < -0.3 is 9.73 Å². The average molecular weight is 503 g/mol. The number of allylic oxidation sites excluding steroid dienone is 1. The molecular formula is C32H26N2O2S. The van der Waals surface area contributed by atoms with E-state index >= 15 is 0 Å². The highest BCUT2D eigenvalue weighted by Gasteiger charge is 2.41. The van der Waals surface area contributed by atoms with Gasteiger partial charge in [-0.3, -0.25) is 9.78 Å². The van der Waals surface area contributed by atoms with Crippen molar-refractivity contribution < 1.29 is 9.21 Å². The van der Waals surface area contributed by atoms with Crippen LogP contribution in [0.5, 0.6) is 0 Å². The molecule has 1 unspecified atom stereocenters. The summed E-state index contributed by atoms with van der Waals surface area (Å²) in [5.41, 5.74) is 5.09. The molecule has 0 saturated carbocycles. The molecule has 7 rings (SSSR count). The Morgan fingerprint density at radius 2 is 1.76 bits per heavy atom. The van der Waals surface area contributed by atoms with Crippen LogP contribution < -0.4 is 5.32 Å². The second kappa shape index (κ2) is 8.35. The molecule has 2 aromatic heterocycles. The van der Waals surface area contributed by atoms with E-state index in [2.05, 4.69) is 78.7 Å². The van der Waals surface area contributed by atoms with E-state index in [1.54, 1.807) is 11.8 Å². The van der Waals surface area contributed by atoms with E-state index in [0.29, 0.717) is 6.42 Å². The van der Waals surface area contributed by atoms with Gasteiger partial charge in [-0.2, -0.15) is 0 Å². The van der Waals surface area contributed by atoms with Gasteiger partial charge in [0.2, 0.25) is 0 Å². The molecule has 1 aliphatic heterocycles. The maximum Gasteiger partial charge on any atom is 0.165 e. The highest BCUT2D eigenvalue weighted by atomic mass is 32.2. The third-order valence-corrected chi connectivity index (χ3v) is 8.40. The Bertz CT molecular complexity index is 1740. The number of hydrogen-bond acceptors (Lipinski definition) is 5. The van der Waals surface area contributed by atoms with Crippen LogP contribution in [0.25, 0.3) is 27.2 Å². The molecule has 3 aromatic carbocycles. The van der Waals surface area contributed by atoms with E-state index in [9.17, 15) is 4.79 Å². The number of hydrogen-bond donors (Lipinski definition) is 1. The van der Waals surface area contributed by atoms with Crippen LogP contribution in [-0.2, 0) is 4.79 Å². The molecule has 182 valence electrons. The number of para-hydroxylation sites is 1. The van der Waals surface area contributed by atoms with E-state index in [1.165, 1.54) is 10.8 Å². The summed E-state index contributed by atoms with van der Waals surface area (Å²) in [7, 11) is 0. The van der Waals surface area contributed by atoms with Gasteiger partial charge in [-0.1, -0.05) is 62.4 Å². The van der Waals surface area contributed by atoms with Crippen molar-refractivity contribution in [3.8, 4) is 0 Å². The fourth-order valence-electron chi connectivity index (χ4n) is 5.86. The molecule has 4 nitrogen and oxygen atoms in total. The van der Waals surface area contributed by atoms with Gasteiger partial charge in [0.25, 0.3) is 0 Å². The first-order valence-corrected chi connectivity index (χ1v) is 13.4. The molecule has 0 radical (unpaired) electrons. The van der Waals surface area contributed by atoms with Crippen LogP contribution in [0.1, 0.15) is 44.1 Å². The highest BCUT2D eigenvalue weighted by molar-refractivity contribution is 7.99. The van der Waals surface area contributed by atoms with Gasteiger partial charge in [0.1, 0.15) is 11.8 Å². The lowest BCUT2D eigenvalue weighted by Crippen LogP contribution is -2.33. The lowest BCUT2D eigenvalue weighted by molar-refractivity contribution is -0.118. The molecule has 0 saturated heterocycles. The molecule has 37 heavy (non-hydrogen) atoms. The van der Waals surface area contributed by atoms with Crippen molar-refractivity contribution in [1.82, 2.24) is 4.98 Å². The monoisotopic (exact) mass is 502 g/mol. The average Bonchev–Trinajstić information content (AvgIpc) is 3.36. The molecule has 0 bridgehead atoms. The van der Waals surface area contributed by atoms with Gasteiger partial charge >= 0.3 is 0 Å². The molecule has 5 heteroatoms. The van der Waals surface area contributed by atoms with Crippen LogP contribution in [-0.4, -0.2) is 10.8 Å². The van der Waals surface area contributed by atoms with E-state index in [-0.39, 0.29) is 17.2 Å². The number of anilines is 1. The molecule has 2 aliphatic rings. The van der Waals surface area contributed by atoms with E-state index in [1.807, 2.05) is 30.5 Å². The number of ketones is 1. The number of fused-ring (bicyclic) bond motifs is 5. The van der Waals surface area contributed by atoms with Crippen molar-refractivity contribution in [2.24, 2.45) is 5.41 Å². The molecule has 0 amide bonds. The number of aromatic nitrogens is 1. The summed E-state index contributed by atoms with van der Waals surface area (Å²) >= 11 is 1.56. The number of pyridine rings is 1. The number of rotatable bonds is 3. The van der Waals surface area contributed by atoms with E-state index in [0.717, 1.165) is 55.5 Å². The van der Waals surface area contributed by atoms with Crippen molar-refractivity contribution in [3.63, 3.8) is 0 Å². The largest absolute Gasteiger partial charge is 0.452 e. The predicted octanol–water partition coefficient (Wildman–Crippen LogP) is 8.44. The van der Waals surface area contributed by atoms with Crippen LogP contribution in [0.2, 0.25) is 0 Å². The minimum Gasteiger partial charge on any atom is -0.452 e. The Balaban J connectivity index is 1.33. The van der Waals surface area contributed by atoms with Gasteiger partial charge in [-0.25, -0.2) is 0 Å². The Labute approximate surface area is 219 Å². The molecular weight excluding hydrogens is 476 g/mol. The number of benzene rings is 3. The van der Waals surface area contributed by atoms with Gasteiger partial charge in [0, 0.05) is 39.7 Å². The first-order valence-electron chi connectivity index (χ1n) is 12.6. The lowest BCUT2D eigenvalue weighted by atomic mass is 9.68. The van der Waals surface area contributed by atoms with Crippen LogP contribution >= 0.6 is 11.8 Å². The zero-order valence-corrected chi connectivity index (χ0v) is 21.6. The normalized spacial score (nSPS) is 18.5. The summed E-state index contributed by atoms with van der Waals surface area (Å²) in [6, 6.07) is 26.6. The minimum atomic E-state index is -0.313. The number of carbonyl (C=O) groups is 1. The van der Waals surface area contributed by atoms with E-state index < -0.39 is 0 Å². The highest BCUT2D eigenvalue weighted by Crippen LogP contribution is 2.52. The first kappa shape index (κ1) is 22.4. The van der Waals surface area contributed by atoms with Gasteiger partial charge in [0.15, 0.2) is 10.9 Å². The summed E-state index contributed by atoms with van der Waals surface area (Å²) in [4.78, 5) is 19.3. The number of carbonyl (C=O) groups excluding carboxylic acids is 1. The van der Waals surface area contributed by atoms with Crippen molar-refractivity contribution in [1.29, 1.82) is 0 Å². The van der Waals surface area contributed by atoms with Crippen molar-refractivity contribution >= 4 is 50.5 Å². The van der Waals surface area contributed by atoms with Crippen molar-refractivity contribution in [3.05, 3.63) is 102 Å². The number of nitrogens with one attached hydrogen (secondary N) is 1. The third kappa shape index (κ3) is 3.77. The van der Waals surface area contributed by atoms with Crippen LogP contribution in [0.15, 0.2) is 105 Å². The summed E-state index contributed by atoms with van der Waals surface area (Å²) in [5, 5.41) is 7.93. The van der Waals surface area contributed by atoms with E-state index in [4.69, 9.17) is 4.42 Å². The summed E-state index contributed by atoms with van der Waals surface area (Å²) < 4.78 is 6.41. The fraction of sp³-hybridized carbons (Fsp3) is 0.188. The molecule has 1 N–H and O–H groups in total. The third-order valence-electron chi connectivity index (χ3n) is 7.43. The zero-order chi connectivity index (χ0) is 25.1. The number of furan rings is 1. The maximum absolute atomic E-state index is 13.7.